The minimum atomic E-state index is -1.13. The van der Waals surface area contributed by atoms with Crippen LogP contribution in [0.15, 0.2) is 72.8 Å². The second-order valence-corrected chi connectivity index (χ2v) is 10.00. The molecule has 1 aliphatic carbocycles. The van der Waals surface area contributed by atoms with Crippen molar-refractivity contribution in [3.05, 3.63) is 89.5 Å². The zero-order valence-corrected chi connectivity index (χ0v) is 20.1. The Morgan fingerprint density at radius 2 is 1.65 bits per heavy atom. The van der Waals surface area contributed by atoms with Crippen molar-refractivity contribution in [3.63, 3.8) is 0 Å². The van der Waals surface area contributed by atoms with Crippen LogP contribution in [-0.2, 0) is 11.2 Å². The van der Waals surface area contributed by atoms with Crippen molar-refractivity contribution in [1.29, 1.82) is 0 Å². The summed E-state index contributed by atoms with van der Waals surface area (Å²) in [5, 5.41) is 10.7. The van der Waals surface area contributed by atoms with Crippen LogP contribution in [0.25, 0.3) is 11.1 Å². The molecule has 176 valence electrons. The Morgan fingerprint density at radius 3 is 2.35 bits per heavy atom. The van der Waals surface area contributed by atoms with Gasteiger partial charge in [-0.05, 0) is 90.3 Å². The molecule has 0 aromatic heterocycles. The van der Waals surface area contributed by atoms with Crippen molar-refractivity contribution >= 4 is 11.6 Å². The lowest BCUT2D eigenvalue weighted by atomic mass is 9.77. The fraction of sp³-hybridized carbons (Fsp3) is 0.387. The number of hydrogen-bond donors (Lipinski definition) is 1. The molecule has 0 spiro atoms. The SMILES string of the molecule is CCC1CCC(c2ccc(-c3ccc4c(c3)CCCN4C(=O)C(O)c3ccccc3)cc2)CC1. The molecule has 1 N–H and O–H groups in total. The molecule has 1 unspecified atom stereocenters. The molecule has 1 aliphatic heterocycles. The Labute approximate surface area is 203 Å². The molecule has 3 aromatic carbocycles. The number of aryl methyl sites for hydroxylation is 1. The molecule has 2 aliphatic rings. The van der Waals surface area contributed by atoms with E-state index in [4.69, 9.17) is 0 Å². The number of benzene rings is 3. The molecule has 0 radical (unpaired) electrons. The van der Waals surface area contributed by atoms with Gasteiger partial charge in [0.15, 0.2) is 6.10 Å². The molecule has 0 bridgehead atoms. The average molecular weight is 454 g/mol. The highest BCUT2D eigenvalue weighted by atomic mass is 16.3. The van der Waals surface area contributed by atoms with E-state index in [1.165, 1.54) is 54.4 Å². The van der Waals surface area contributed by atoms with Crippen LogP contribution in [-0.4, -0.2) is 17.6 Å². The summed E-state index contributed by atoms with van der Waals surface area (Å²) in [6.07, 6.45) is 7.40. The van der Waals surface area contributed by atoms with Gasteiger partial charge >= 0.3 is 0 Å². The number of carbonyl (C=O) groups excluding carboxylic acids is 1. The van der Waals surface area contributed by atoms with Crippen molar-refractivity contribution in [2.45, 2.75) is 63.9 Å². The summed E-state index contributed by atoms with van der Waals surface area (Å²) in [7, 11) is 0. The van der Waals surface area contributed by atoms with Gasteiger partial charge in [-0.2, -0.15) is 0 Å². The molecule has 3 nitrogen and oxygen atoms in total. The van der Waals surface area contributed by atoms with Gasteiger partial charge in [0.2, 0.25) is 0 Å². The van der Waals surface area contributed by atoms with Gasteiger partial charge < -0.3 is 10.0 Å². The highest BCUT2D eigenvalue weighted by molar-refractivity contribution is 5.98. The third kappa shape index (κ3) is 4.67. The first-order valence-electron chi connectivity index (χ1n) is 12.9. The molecule has 1 heterocycles. The van der Waals surface area contributed by atoms with Crippen molar-refractivity contribution in [2.75, 3.05) is 11.4 Å². The lowest BCUT2D eigenvalue weighted by Gasteiger charge is -2.31. The molecule has 3 aromatic rings. The van der Waals surface area contributed by atoms with E-state index in [0.29, 0.717) is 18.0 Å². The molecule has 0 saturated heterocycles. The molecular formula is C31H35NO2. The van der Waals surface area contributed by atoms with Gasteiger partial charge in [-0.15, -0.1) is 0 Å². The van der Waals surface area contributed by atoms with E-state index in [2.05, 4.69) is 49.4 Å². The monoisotopic (exact) mass is 453 g/mol. The van der Waals surface area contributed by atoms with Crippen LogP contribution in [0.4, 0.5) is 5.69 Å². The number of amides is 1. The fourth-order valence-corrected chi connectivity index (χ4v) is 5.78. The van der Waals surface area contributed by atoms with E-state index < -0.39 is 6.10 Å². The Bertz CT molecular complexity index is 1110. The maximum atomic E-state index is 13.1. The second kappa shape index (κ2) is 10.1. The lowest BCUT2D eigenvalue weighted by Crippen LogP contribution is -2.38. The molecule has 3 heteroatoms. The zero-order valence-electron chi connectivity index (χ0n) is 20.1. The van der Waals surface area contributed by atoms with Crippen LogP contribution < -0.4 is 4.90 Å². The summed E-state index contributed by atoms with van der Waals surface area (Å²) >= 11 is 0. The first-order chi connectivity index (χ1) is 16.6. The van der Waals surface area contributed by atoms with E-state index in [1.54, 1.807) is 17.0 Å². The lowest BCUT2D eigenvalue weighted by molar-refractivity contribution is -0.127. The van der Waals surface area contributed by atoms with Gasteiger partial charge in [-0.3, -0.25) is 4.79 Å². The van der Waals surface area contributed by atoms with E-state index in [-0.39, 0.29) is 5.91 Å². The van der Waals surface area contributed by atoms with Crippen molar-refractivity contribution in [2.24, 2.45) is 5.92 Å². The molecule has 1 fully saturated rings. The van der Waals surface area contributed by atoms with E-state index >= 15 is 0 Å². The minimum Gasteiger partial charge on any atom is -0.378 e. The number of carbonyl (C=O) groups is 1. The smallest absolute Gasteiger partial charge is 0.260 e. The van der Waals surface area contributed by atoms with E-state index in [1.807, 2.05) is 18.2 Å². The van der Waals surface area contributed by atoms with Gasteiger partial charge in [0, 0.05) is 12.2 Å². The summed E-state index contributed by atoms with van der Waals surface area (Å²) in [5.74, 6) is 1.38. The van der Waals surface area contributed by atoms with Crippen LogP contribution in [0.2, 0.25) is 0 Å². The number of aliphatic hydroxyl groups excluding tert-OH is 1. The minimum absolute atomic E-state index is 0.248. The molecule has 1 amide bonds. The van der Waals surface area contributed by atoms with Crippen LogP contribution in [0.5, 0.6) is 0 Å². The third-order valence-corrected chi connectivity index (χ3v) is 7.95. The van der Waals surface area contributed by atoms with Gasteiger partial charge in [0.05, 0.1) is 0 Å². The van der Waals surface area contributed by atoms with Gasteiger partial charge in [-0.1, -0.05) is 74.0 Å². The van der Waals surface area contributed by atoms with Crippen molar-refractivity contribution in [3.8, 4) is 11.1 Å². The first kappa shape index (κ1) is 22.9. The van der Waals surface area contributed by atoms with Gasteiger partial charge in [-0.25, -0.2) is 0 Å². The Balaban J connectivity index is 1.32. The van der Waals surface area contributed by atoms with Crippen molar-refractivity contribution in [1.82, 2.24) is 0 Å². The van der Waals surface area contributed by atoms with Crippen LogP contribution in [0.3, 0.4) is 0 Å². The Morgan fingerprint density at radius 1 is 0.941 bits per heavy atom. The van der Waals surface area contributed by atoms with Gasteiger partial charge in [0.25, 0.3) is 5.91 Å². The topological polar surface area (TPSA) is 40.5 Å². The second-order valence-electron chi connectivity index (χ2n) is 10.00. The summed E-state index contributed by atoms with van der Waals surface area (Å²) in [4.78, 5) is 14.9. The summed E-state index contributed by atoms with van der Waals surface area (Å²) in [6.45, 7) is 2.96. The third-order valence-electron chi connectivity index (χ3n) is 7.95. The largest absolute Gasteiger partial charge is 0.378 e. The van der Waals surface area contributed by atoms with Crippen molar-refractivity contribution < 1.29 is 9.90 Å². The predicted molar refractivity (Wildman–Crippen MR) is 139 cm³/mol. The predicted octanol–water partition coefficient (Wildman–Crippen LogP) is 7.05. The highest BCUT2D eigenvalue weighted by Gasteiger charge is 2.28. The summed E-state index contributed by atoms with van der Waals surface area (Å²) in [6, 6.07) is 24.7. The maximum absolute atomic E-state index is 13.1. The van der Waals surface area contributed by atoms with Crippen LogP contribution in [0, 0.1) is 5.92 Å². The summed E-state index contributed by atoms with van der Waals surface area (Å²) < 4.78 is 0. The highest BCUT2D eigenvalue weighted by Crippen LogP contribution is 2.38. The maximum Gasteiger partial charge on any atom is 0.260 e. The number of aliphatic hydroxyl groups is 1. The first-order valence-corrected chi connectivity index (χ1v) is 12.9. The Hall–Kier alpha value is -2.91. The van der Waals surface area contributed by atoms with Gasteiger partial charge in [0.1, 0.15) is 0 Å². The molecule has 34 heavy (non-hydrogen) atoms. The quantitative estimate of drug-likeness (QED) is 0.450. The summed E-state index contributed by atoms with van der Waals surface area (Å²) in [5.41, 5.74) is 6.64. The number of hydrogen-bond acceptors (Lipinski definition) is 2. The Kier molecular flexibility index (Phi) is 6.82. The molecule has 5 rings (SSSR count). The molecule has 1 atom stereocenters. The number of rotatable bonds is 5. The van der Waals surface area contributed by atoms with Crippen LogP contribution in [0.1, 0.15) is 74.2 Å². The van der Waals surface area contributed by atoms with E-state index in [9.17, 15) is 9.90 Å². The molecular weight excluding hydrogens is 418 g/mol. The molecule has 1 saturated carbocycles. The average Bonchev–Trinajstić information content (AvgIpc) is 2.92. The number of anilines is 1. The van der Waals surface area contributed by atoms with E-state index in [0.717, 1.165) is 24.4 Å². The zero-order chi connectivity index (χ0) is 23.5. The number of fused-ring (bicyclic) bond motifs is 1. The van der Waals surface area contributed by atoms with Crippen LogP contribution >= 0.6 is 0 Å². The normalized spacial score (nSPS) is 21.1. The standard InChI is InChI=1S/C31H35NO2/c1-2-22-10-12-23(13-11-22)24-14-16-25(17-15-24)27-18-19-29-28(21-27)9-6-20-32(29)31(34)30(33)26-7-4-3-5-8-26/h3-5,7-8,14-19,21-23,30,33H,2,6,9-13,20H2,1H3. The fourth-order valence-electron chi connectivity index (χ4n) is 5.78. The number of nitrogens with zero attached hydrogens (tertiary/aromatic N) is 1.